The molecule has 2 unspecified atom stereocenters. The highest BCUT2D eigenvalue weighted by molar-refractivity contribution is 7.21. The first kappa shape index (κ1) is 19.4. The molecule has 6 heteroatoms. The van der Waals surface area contributed by atoms with Gasteiger partial charge in [-0.25, -0.2) is 4.98 Å². The Morgan fingerprint density at radius 2 is 1.90 bits per heavy atom. The van der Waals surface area contributed by atoms with E-state index in [-0.39, 0.29) is 5.91 Å². The molecule has 5 rings (SSSR count). The fourth-order valence-corrected chi connectivity index (χ4v) is 6.01. The largest absolute Gasteiger partial charge is 0.397 e. The number of benzene rings is 1. The molecule has 30 heavy (non-hydrogen) atoms. The molecule has 1 amide bonds. The number of nitrogen functional groups attached to an aromatic ring is 1. The van der Waals surface area contributed by atoms with Crippen LogP contribution in [0.2, 0.25) is 0 Å². The van der Waals surface area contributed by atoms with E-state index in [1.165, 1.54) is 54.9 Å². The molecule has 1 aromatic carbocycles. The van der Waals surface area contributed by atoms with Gasteiger partial charge in [-0.15, -0.1) is 11.3 Å². The van der Waals surface area contributed by atoms with Crippen LogP contribution in [0.5, 0.6) is 0 Å². The van der Waals surface area contributed by atoms with Crippen LogP contribution in [-0.2, 0) is 6.42 Å². The molecule has 3 heterocycles. The van der Waals surface area contributed by atoms with Crippen LogP contribution in [0.3, 0.4) is 0 Å². The van der Waals surface area contributed by atoms with Crippen LogP contribution in [0.25, 0.3) is 10.2 Å². The Kier molecular flexibility index (Phi) is 5.11. The van der Waals surface area contributed by atoms with Crippen molar-refractivity contribution in [1.82, 2.24) is 10.3 Å². The zero-order valence-corrected chi connectivity index (χ0v) is 18.2. The molecule has 156 valence electrons. The zero-order chi connectivity index (χ0) is 20.7. The van der Waals surface area contributed by atoms with Gasteiger partial charge >= 0.3 is 0 Å². The van der Waals surface area contributed by atoms with Crippen molar-refractivity contribution in [3.05, 3.63) is 52.5 Å². The van der Waals surface area contributed by atoms with E-state index < -0.39 is 0 Å². The molecule has 2 aromatic heterocycles. The molecule has 0 radical (unpaired) electrons. The molecule has 1 aliphatic heterocycles. The first-order valence-corrected chi connectivity index (χ1v) is 11.7. The third-order valence-electron chi connectivity index (χ3n) is 6.55. The van der Waals surface area contributed by atoms with Gasteiger partial charge in [-0.3, -0.25) is 4.79 Å². The number of hydrogen-bond acceptors (Lipinski definition) is 5. The SMILES string of the molecule is Cc1ccc2c(N)c(C(=O)NCCc3ccc(N4CC5CCC(C5)C4)cc3)sc2n1. The molecular formula is C24H28N4OS. The molecule has 1 aliphatic carbocycles. The van der Waals surface area contributed by atoms with E-state index in [0.29, 0.717) is 17.1 Å². The number of fused-ring (bicyclic) bond motifs is 3. The van der Waals surface area contributed by atoms with E-state index in [0.717, 1.165) is 34.2 Å². The number of aromatic nitrogens is 1. The molecular weight excluding hydrogens is 392 g/mol. The first-order valence-electron chi connectivity index (χ1n) is 10.8. The lowest BCUT2D eigenvalue weighted by molar-refractivity contribution is 0.0959. The topological polar surface area (TPSA) is 71.2 Å². The lowest BCUT2D eigenvalue weighted by atomic mass is 9.98. The minimum Gasteiger partial charge on any atom is -0.397 e. The van der Waals surface area contributed by atoms with Crippen molar-refractivity contribution in [2.45, 2.75) is 32.6 Å². The number of nitrogens with zero attached hydrogens (tertiary/aromatic N) is 2. The lowest BCUT2D eigenvalue weighted by Gasteiger charge is -2.33. The second kappa shape index (κ2) is 7.91. The number of nitrogens with two attached hydrogens (primary N) is 1. The molecule has 5 nitrogen and oxygen atoms in total. The highest BCUT2D eigenvalue weighted by Crippen LogP contribution is 2.38. The van der Waals surface area contributed by atoms with Gasteiger partial charge in [0.1, 0.15) is 9.71 Å². The fraction of sp³-hybridized carbons (Fsp3) is 0.417. The van der Waals surface area contributed by atoms with Crippen LogP contribution in [0.4, 0.5) is 11.4 Å². The van der Waals surface area contributed by atoms with Crippen molar-refractivity contribution in [3.63, 3.8) is 0 Å². The Bertz CT molecular complexity index is 1060. The van der Waals surface area contributed by atoms with E-state index in [9.17, 15) is 4.79 Å². The Hall–Kier alpha value is -2.60. The van der Waals surface area contributed by atoms with Gasteiger partial charge in [-0.05, 0) is 74.3 Å². The molecule has 2 bridgehead atoms. The summed E-state index contributed by atoms with van der Waals surface area (Å²) in [6.07, 6.45) is 5.03. The highest BCUT2D eigenvalue weighted by Gasteiger charge is 2.32. The Morgan fingerprint density at radius 1 is 1.17 bits per heavy atom. The summed E-state index contributed by atoms with van der Waals surface area (Å²) >= 11 is 1.36. The average molecular weight is 421 g/mol. The number of carbonyl (C=O) groups is 1. The minimum atomic E-state index is -0.117. The van der Waals surface area contributed by atoms with Crippen molar-refractivity contribution in [1.29, 1.82) is 0 Å². The van der Waals surface area contributed by atoms with Gasteiger partial charge in [-0.2, -0.15) is 0 Å². The summed E-state index contributed by atoms with van der Waals surface area (Å²) < 4.78 is 0. The van der Waals surface area contributed by atoms with Crippen molar-refractivity contribution in [2.75, 3.05) is 30.3 Å². The summed E-state index contributed by atoms with van der Waals surface area (Å²) in [5.41, 5.74) is 10.2. The average Bonchev–Trinajstić information content (AvgIpc) is 3.26. The van der Waals surface area contributed by atoms with E-state index in [1.54, 1.807) is 0 Å². The van der Waals surface area contributed by atoms with Gasteiger partial charge in [0.2, 0.25) is 0 Å². The normalized spacial score (nSPS) is 20.6. The second-order valence-electron chi connectivity index (χ2n) is 8.77. The van der Waals surface area contributed by atoms with Gasteiger partial charge < -0.3 is 16.0 Å². The van der Waals surface area contributed by atoms with Crippen molar-refractivity contribution >= 4 is 38.8 Å². The summed E-state index contributed by atoms with van der Waals surface area (Å²) in [5.74, 6) is 1.66. The summed E-state index contributed by atoms with van der Waals surface area (Å²) in [6, 6.07) is 12.7. The van der Waals surface area contributed by atoms with Crippen LogP contribution >= 0.6 is 11.3 Å². The number of piperidine rings is 1. The van der Waals surface area contributed by atoms with E-state index in [1.807, 2.05) is 19.1 Å². The number of rotatable bonds is 5. The maximum Gasteiger partial charge on any atom is 0.263 e. The van der Waals surface area contributed by atoms with Crippen LogP contribution < -0.4 is 16.0 Å². The number of nitrogens with one attached hydrogen (secondary N) is 1. The number of carbonyl (C=O) groups excluding carboxylic acids is 1. The number of pyridine rings is 1. The molecule has 2 aliphatic rings. The van der Waals surface area contributed by atoms with Gasteiger partial charge in [0.15, 0.2) is 0 Å². The van der Waals surface area contributed by atoms with Gasteiger partial charge in [-0.1, -0.05) is 12.1 Å². The Labute approximate surface area is 181 Å². The van der Waals surface area contributed by atoms with E-state index in [4.69, 9.17) is 5.73 Å². The molecule has 1 saturated heterocycles. The number of amides is 1. The molecule has 3 N–H and O–H groups in total. The van der Waals surface area contributed by atoms with Crippen LogP contribution in [0, 0.1) is 18.8 Å². The number of aryl methyl sites for hydroxylation is 1. The van der Waals surface area contributed by atoms with Crippen LogP contribution in [0.15, 0.2) is 36.4 Å². The zero-order valence-electron chi connectivity index (χ0n) is 17.4. The van der Waals surface area contributed by atoms with Gasteiger partial charge in [0, 0.05) is 36.4 Å². The second-order valence-corrected chi connectivity index (χ2v) is 9.77. The fourth-order valence-electron chi connectivity index (χ4n) is 4.95. The third kappa shape index (κ3) is 3.76. The van der Waals surface area contributed by atoms with E-state index in [2.05, 4.69) is 39.5 Å². The molecule has 2 atom stereocenters. The van der Waals surface area contributed by atoms with Crippen LogP contribution in [-0.4, -0.2) is 30.5 Å². The minimum absolute atomic E-state index is 0.117. The summed E-state index contributed by atoms with van der Waals surface area (Å²) in [4.78, 5) is 21.0. The van der Waals surface area contributed by atoms with Gasteiger partial charge in [0.05, 0.1) is 5.69 Å². The van der Waals surface area contributed by atoms with Crippen molar-refractivity contribution < 1.29 is 4.79 Å². The number of hydrogen-bond donors (Lipinski definition) is 2. The predicted octanol–water partition coefficient (Wildman–Crippen LogP) is 4.40. The third-order valence-corrected chi connectivity index (χ3v) is 7.66. The lowest BCUT2D eigenvalue weighted by Crippen LogP contribution is -2.36. The Morgan fingerprint density at radius 3 is 2.63 bits per heavy atom. The number of thiophene rings is 1. The molecule has 2 fully saturated rings. The highest BCUT2D eigenvalue weighted by atomic mass is 32.1. The van der Waals surface area contributed by atoms with Crippen molar-refractivity contribution in [3.8, 4) is 0 Å². The standard InChI is InChI=1S/C24H28N4OS/c1-15-2-9-20-21(25)22(30-24(20)27-15)23(29)26-11-10-16-5-7-19(8-6-16)28-13-17-3-4-18(12-17)14-28/h2,5-9,17-18H,3-4,10-14,25H2,1H3,(H,26,29). The molecule has 3 aromatic rings. The maximum absolute atomic E-state index is 12.6. The Balaban J connectivity index is 1.18. The summed E-state index contributed by atoms with van der Waals surface area (Å²) in [5, 5.41) is 3.87. The quantitative estimate of drug-likeness (QED) is 0.642. The van der Waals surface area contributed by atoms with E-state index >= 15 is 0 Å². The maximum atomic E-state index is 12.6. The first-order chi connectivity index (χ1) is 14.6. The molecule has 0 spiro atoms. The van der Waals surface area contributed by atoms with Crippen molar-refractivity contribution in [2.24, 2.45) is 11.8 Å². The number of anilines is 2. The molecule has 1 saturated carbocycles. The van der Waals surface area contributed by atoms with Gasteiger partial charge in [0.25, 0.3) is 5.91 Å². The monoisotopic (exact) mass is 420 g/mol. The summed E-state index contributed by atoms with van der Waals surface area (Å²) in [7, 11) is 0. The smallest absolute Gasteiger partial charge is 0.263 e. The predicted molar refractivity (Wildman–Crippen MR) is 124 cm³/mol. The summed E-state index contributed by atoms with van der Waals surface area (Å²) in [6.45, 7) is 4.94. The van der Waals surface area contributed by atoms with Crippen LogP contribution in [0.1, 0.15) is 40.2 Å².